The van der Waals surface area contributed by atoms with Crippen LogP contribution in [0.3, 0.4) is 0 Å². The van der Waals surface area contributed by atoms with Crippen molar-refractivity contribution in [2.45, 2.75) is 33.4 Å². The zero-order chi connectivity index (χ0) is 25.8. The molecule has 0 unspecified atom stereocenters. The average molecular weight is 568 g/mol. The lowest BCUT2D eigenvalue weighted by Gasteiger charge is -2.31. The molecule has 11 heteroatoms. The van der Waals surface area contributed by atoms with Crippen LogP contribution in [-0.2, 0) is 26.2 Å². The van der Waals surface area contributed by atoms with Crippen LogP contribution >= 0.6 is 15.9 Å². The maximum Gasteiger partial charge on any atom is 0.244 e. The lowest BCUT2D eigenvalue weighted by Crippen LogP contribution is -2.51. The minimum absolute atomic E-state index is 0.0417. The van der Waals surface area contributed by atoms with E-state index in [4.69, 9.17) is 9.47 Å². The summed E-state index contributed by atoms with van der Waals surface area (Å²) < 4.78 is 37.8. The lowest BCUT2D eigenvalue weighted by molar-refractivity contribution is -0.139. The van der Waals surface area contributed by atoms with Gasteiger partial charge in [-0.3, -0.25) is 13.9 Å². The van der Waals surface area contributed by atoms with Gasteiger partial charge in [-0.15, -0.1) is 0 Å². The summed E-state index contributed by atoms with van der Waals surface area (Å²) in [7, 11) is -3.83. The summed E-state index contributed by atoms with van der Waals surface area (Å²) in [6, 6.07) is 11.2. The van der Waals surface area contributed by atoms with E-state index in [1.165, 1.54) is 11.0 Å². The molecule has 2 amide bonds. The Kier molecular flexibility index (Phi) is 8.65. The molecule has 35 heavy (non-hydrogen) atoms. The molecule has 1 atom stereocenters. The van der Waals surface area contributed by atoms with Crippen LogP contribution in [0.1, 0.15) is 26.3 Å². The van der Waals surface area contributed by atoms with Gasteiger partial charge in [0.05, 0.1) is 11.9 Å². The van der Waals surface area contributed by atoms with E-state index in [0.29, 0.717) is 18.0 Å². The van der Waals surface area contributed by atoms with E-state index in [2.05, 4.69) is 21.2 Å². The Morgan fingerprint density at radius 2 is 1.80 bits per heavy atom. The predicted octanol–water partition coefficient (Wildman–Crippen LogP) is 3.13. The highest BCUT2D eigenvalue weighted by molar-refractivity contribution is 9.10. The largest absolute Gasteiger partial charge is 0.454 e. The number of rotatable bonds is 10. The average Bonchev–Trinajstić information content (AvgIpc) is 3.26. The van der Waals surface area contributed by atoms with Gasteiger partial charge in [-0.25, -0.2) is 8.42 Å². The second kappa shape index (κ2) is 11.3. The van der Waals surface area contributed by atoms with Gasteiger partial charge in [-0.1, -0.05) is 41.9 Å². The number of halogens is 1. The van der Waals surface area contributed by atoms with E-state index in [-0.39, 0.29) is 30.9 Å². The molecule has 0 fully saturated rings. The first kappa shape index (κ1) is 26.8. The van der Waals surface area contributed by atoms with Crippen LogP contribution in [0.2, 0.25) is 0 Å². The molecule has 0 aromatic heterocycles. The monoisotopic (exact) mass is 567 g/mol. The number of anilines is 1. The van der Waals surface area contributed by atoms with Crippen molar-refractivity contribution in [3.63, 3.8) is 0 Å². The Hall–Kier alpha value is -2.79. The molecular formula is C24H30BrN3O6S. The van der Waals surface area contributed by atoms with Crippen molar-refractivity contribution in [2.75, 3.05) is 30.4 Å². The number of nitrogens with zero attached hydrogens (tertiary/aromatic N) is 2. The fraction of sp³-hybridized carbons (Fsp3) is 0.417. The van der Waals surface area contributed by atoms with Crippen molar-refractivity contribution < 1.29 is 27.5 Å². The fourth-order valence-corrected chi connectivity index (χ4v) is 4.81. The molecule has 0 saturated heterocycles. The third-order valence-electron chi connectivity index (χ3n) is 5.42. The smallest absolute Gasteiger partial charge is 0.244 e. The standard InChI is InChI=1S/C24H30BrN3O6S/c1-16(2)12-26-24(30)17(3)27(13-18-6-5-7-19(25)10-18)23(29)14-28(35(4,31)32)20-8-9-21-22(11-20)34-15-33-21/h5-11,16-17H,12-15H2,1-4H3,(H,26,30)/t17-/m1/s1. The molecule has 3 rings (SSSR count). The van der Waals surface area contributed by atoms with Crippen LogP contribution in [0, 0.1) is 5.92 Å². The number of carbonyl (C=O) groups excluding carboxylic acids is 2. The first-order valence-corrected chi connectivity index (χ1v) is 13.8. The number of hydrogen-bond donors (Lipinski definition) is 1. The van der Waals surface area contributed by atoms with Gasteiger partial charge in [0.15, 0.2) is 11.5 Å². The van der Waals surface area contributed by atoms with E-state index in [0.717, 1.165) is 20.6 Å². The second-order valence-electron chi connectivity index (χ2n) is 8.77. The molecule has 1 aliphatic heterocycles. The Morgan fingerprint density at radius 1 is 1.09 bits per heavy atom. The zero-order valence-electron chi connectivity index (χ0n) is 20.2. The lowest BCUT2D eigenvalue weighted by atomic mass is 10.1. The highest BCUT2D eigenvalue weighted by Crippen LogP contribution is 2.36. The first-order valence-electron chi connectivity index (χ1n) is 11.1. The van der Waals surface area contributed by atoms with Crippen molar-refractivity contribution >= 4 is 43.5 Å². The molecule has 1 heterocycles. The van der Waals surface area contributed by atoms with Crippen LogP contribution in [0.25, 0.3) is 0 Å². The van der Waals surface area contributed by atoms with Crippen LogP contribution < -0.4 is 19.1 Å². The third-order valence-corrected chi connectivity index (χ3v) is 7.05. The third kappa shape index (κ3) is 7.11. The molecule has 0 radical (unpaired) electrons. The second-order valence-corrected chi connectivity index (χ2v) is 11.6. The molecule has 9 nitrogen and oxygen atoms in total. The highest BCUT2D eigenvalue weighted by Gasteiger charge is 2.30. The number of carbonyl (C=O) groups is 2. The zero-order valence-corrected chi connectivity index (χ0v) is 22.6. The Morgan fingerprint density at radius 3 is 2.46 bits per heavy atom. The van der Waals surface area contributed by atoms with Crippen molar-refractivity contribution in [3.8, 4) is 11.5 Å². The summed E-state index contributed by atoms with van der Waals surface area (Å²) in [5.41, 5.74) is 1.06. The molecule has 0 bridgehead atoms. The summed E-state index contributed by atoms with van der Waals surface area (Å²) in [5.74, 6) is 0.319. The van der Waals surface area contributed by atoms with Crippen molar-refractivity contribution in [1.29, 1.82) is 0 Å². The number of sulfonamides is 1. The molecule has 1 N–H and O–H groups in total. The number of ether oxygens (including phenoxy) is 2. The normalized spacial score (nSPS) is 13.4. The van der Waals surface area contributed by atoms with Crippen molar-refractivity contribution in [3.05, 3.63) is 52.5 Å². The van der Waals surface area contributed by atoms with E-state index in [9.17, 15) is 18.0 Å². The number of fused-ring (bicyclic) bond motifs is 1. The Bertz CT molecular complexity index is 1190. The molecule has 1 aliphatic rings. The summed E-state index contributed by atoms with van der Waals surface area (Å²) >= 11 is 3.42. The van der Waals surface area contributed by atoms with Gasteiger partial charge < -0.3 is 19.7 Å². The van der Waals surface area contributed by atoms with Gasteiger partial charge in [-0.2, -0.15) is 0 Å². The summed E-state index contributed by atoms with van der Waals surface area (Å²) in [6.45, 7) is 5.75. The number of amides is 2. The molecule has 2 aromatic carbocycles. The summed E-state index contributed by atoms with van der Waals surface area (Å²) in [6.07, 6.45) is 1.03. The molecule has 0 saturated carbocycles. The molecule has 0 spiro atoms. The van der Waals surface area contributed by atoms with Crippen LogP contribution in [0.4, 0.5) is 5.69 Å². The summed E-state index contributed by atoms with van der Waals surface area (Å²) in [5, 5.41) is 2.85. The minimum atomic E-state index is -3.83. The van der Waals surface area contributed by atoms with Crippen LogP contribution in [-0.4, -0.2) is 57.3 Å². The number of nitrogens with one attached hydrogen (secondary N) is 1. The Labute approximate surface area is 214 Å². The van der Waals surface area contributed by atoms with Gasteiger partial charge in [0.25, 0.3) is 0 Å². The van der Waals surface area contributed by atoms with E-state index >= 15 is 0 Å². The maximum atomic E-state index is 13.6. The number of hydrogen-bond acceptors (Lipinski definition) is 6. The quantitative estimate of drug-likeness (QED) is 0.473. The van der Waals surface area contributed by atoms with Gasteiger partial charge in [-0.05, 0) is 42.7 Å². The van der Waals surface area contributed by atoms with Gasteiger partial charge >= 0.3 is 0 Å². The maximum absolute atomic E-state index is 13.6. The van der Waals surface area contributed by atoms with Gasteiger partial charge in [0.2, 0.25) is 28.6 Å². The molecule has 0 aliphatic carbocycles. The van der Waals surface area contributed by atoms with Gasteiger partial charge in [0, 0.05) is 23.6 Å². The van der Waals surface area contributed by atoms with Gasteiger partial charge in [0.1, 0.15) is 12.6 Å². The fourth-order valence-electron chi connectivity index (χ4n) is 3.52. The van der Waals surface area contributed by atoms with Crippen molar-refractivity contribution in [1.82, 2.24) is 10.2 Å². The van der Waals surface area contributed by atoms with Crippen molar-refractivity contribution in [2.24, 2.45) is 5.92 Å². The van der Waals surface area contributed by atoms with Crippen LogP contribution in [0.15, 0.2) is 46.9 Å². The number of benzene rings is 2. The topological polar surface area (TPSA) is 105 Å². The Balaban J connectivity index is 1.89. The van der Waals surface area contributed by atoms with E-state index < -0.39 is 28.5 Å². The molecule has 2 aromatic rings. The van der Waals surface area contributed by atoms with E-state index in [1.807, 2.05) is 38.1 Å². The van der Waals surface area contributed by atoms with E-state index in [1.54, 1.807) is 19.1 Å². The first-order chi connectivity index (χ1) is 16.5. The summed E-state index contributed by atoms with van der Waals surface area (Å²) in [4.78, 5) is 27.8. The molecular weight excluding hydrogens is 538 g/mol. The highest BCUT2D eigenvalue weighted by atomic mass is 79.9. The minimum Gasteiger partial charge on any atom is -0.454 e. The molecule has 190 valence electrons. The SMILES string of the molecule is CC(C)CNC(=O)[C@@H](C)N(Cc1cccc(Br)c1)C(=O)CN(c1ccc2c(c1)OCO2)S(C)(=O)=O. The predicted molar refractivity (Wildman–Crippen MR) is 137 cm³/mol. The van der Waals surface area contributed by atoms with Crippen LogP contribution in [0.5, 0.6) is 11.5 Å².